The summed E-state index contributed by atoms with van der Waals surface area (Å²) >= 11 is 3.10. The lowest BCUT2D eigenvalue weighted by Crippen LogP contribution is -2.33. The number of aromatic nitrogens is 1. The summed E-state index contributed by atoms with van der Waals surface area (Å²) < 4.78 is 0. The molecule has 2 N–H and O–H groups in total. The number of carbonyl (C=O) groups excluding carboxylic acids is 1. The molecule has 1 aromatic heterocycles. The van der Waals surface area contributed by atoms with E-state index in [2.05, 4.69) is 36.4 Å². The number of rotatable bonds is 3. The van der Waals surface area contributed by atoms with Crippen LogP contribution in [0.5, 0.6) is 0 Å². The summed E-state index contributed by atoms with van der Waals surface area (Å²) in [5.41, 5.74) is 0.0215. The van der Waals surface area contributed by atoms with Crippen molar-refractivity contribution in [1.29, 1.82) is 0 Å². The number of thiazole rings is 1. The van der Waals surface area contributed by atoms with Crippen LogP contribution in [0.15, 0.2) is 6.20 Å². The van der Waals surface area contributed by atoms with Crippen molar-refractivity contribution in [2.45, 2.75) is 38.5 Å². The summed E-state index contributed by atoms with van der Waals surface area (Å²) in [6.45, 7) is 8.25. The Morgan fingerprint density at radius 2 is 2.18 bits per heavy atom. The summed E-state index contributed by atoms with van der Waals surface area (Å²) in [7, 11) is 0. The summed E-state index contributed by atoms with van der Waals surface area (Å²) in [5.74, 6) is 0. The molecule has 4 nitrogen and oxygen atoms in total. The fourth-order valence-corrected chi connectivity index (χ4v) is 2.16. The predicted octanol–water partition coefficient (Wildman–Crippen LogP) is 3.27. The van der Waals surface area contributed by atoms with E-state index in [1.807, 2.05) is 13.2 Å². The predicted molar refractivity (Wildman–Crippen MR) is 75.9 cm³/mol. The van der Waals surface area contributed by atoms with Crippen LogP contribution in [-0.2, 0) is 5.41 Å². The van der Waals surface area contributed by atoms with Crippen LogP contribution in [0.1, 0.15) is 32.7 Å². The smallest absolute Gasteiger partial charge is 0.320 e. The standard InChI is InChI=1S/C11H19N3OS2/c1-7(16-5)13-10(15)14-8-6-12-9(17-8)11(2,3)4/h6-7H,1-5H3,(H2,13,14,15). The van der Waals surface area contributed by atoms with E-state index in [-0.39, 0.29) is 16.8 Å². The van der Waals surface area contributed by atoms with Crippen LogP contribution >= 0.6 is 23.1 Å². The third kappa shape index (κ3) is 4.55. The SMILES string of the molecule is CSC(C)NC(=O)Nc1cnc(C(C)(C)C)s1. The fourth-order valence-electron chi connectivity index (χ4n) is 1.07. The van der Waals surface area contributed by atoms with E-state index >= 15 is 0 Å². The van der Waals surface area contributed by atoms with Crippen LogP contribution in [0.25, 0.3) is 0 Å². The minimum atomic E-state index is -0.184. The molecule has 1 heterocycles. The van der Waals surface area contributed by atoms with E-state index in [1.54, 1.807) is 18.0 Å². The quantitative estimate of drug-likeness (QED) is 0.831. The van der Waals surface area contributed by atoms with Gasteiger partial charge in [0, 0.05) is 5.41 Å². The van der Waals surface area contributed by atoms with Gasteiger partial charge in [0.1, 0.15) is 5.00 Å². The van der Waals surface area contributed by atoms with E-state index in [1.165, 1.54) is 11.3 Å². The molecule has 1 unspecified atom stereocenters. The molecular formula is C11H19N3OS2. The molecule has 1 aromatic rings. The summed E-state index contributed by atoms with van der Waals surface area (Å²) in [4.78, 5) is 15.9. The van der Waals surface area contributed by atoms with Crippen LogP contribution in [0.2, 0.25) is 0 Å². The lowest BCUT2D eigenvalue weighted by atomic mass is 9.98. The van der Waals surface area contributed by atoms with Gasteiger partial charge >= 0.3 is 6.03 Å². The van der Waals surface area contributed by atoms with Gasteiger partial charge in [0.05, 0.1) is 16.6 Å². The van der Waals surface area contributed by atoms with Crippen molar-refractivity contribution >= 4 is 34.1 Å². The average Bonchev–Trinajstić information content (AvgIpc) is 2.65. The molecule has 0 aromatic carbocycles. The molecule has 96 valence electrons. The van der Waals surface area contributed by atoms with Crippen LogP contribution in [0.3, 0.4) is 0 Å². The van der Waals surface area contributed by atoms with Crippen molar-refractivity contribution in [2.75, 3.05) is 11.6 Å². The molecule has 0 aliphatic heterocycles. The van der Waals surface area contributed by atoms with Gasteiger partial charge in [-0.15, -0.1) is 23.1 Å². The van der Waals surface area contributed by atoms with Crippen molar-refractivity contribution in [2.24, 2.45) is 0 Å². The third-order valence-corrected chi connectivity index (χ3v) is 4.24. The molecular weight excluding hydrogens is 254 g/mol. The Balaban J connectivity index is 2.58. The Morgan fingerprint density at radius 3 is 2.65 bits per heavy atom. The van der Waals surface area contributed by atoms with Crippen LogP contribution < -0.4 is 10.6 Å². The molecule has 2 amide bonds. The van der Waals surface area contributed by atoms with Gasteiger partial charge in [0.2, 0.25) is 0 Å². The zero-order chi connectivity index (χ0) is 13.1. The summed E-state index contributed by atoms with van der Waals surface area (Å²) in [6.07, 6.45) is 3.66. The highest BCUT2D eigenvalue weighted by atomic mass is 32.2. The maximum atomic E-state index is 11.6. The Hall–Kier alpha value is -0.750. The highest BCUT2D eigenvalue weighted by Gasteiger charge is 2.18. The number of carbonyl (C=O) groups is 1. The first-order chi connectivity index (χ1) is 7.82. The second-order valence-electron chi connectivity index (χ2n) is 4.76. The third-order valence-electron chi connectivity index (χ3n) is 2.07. The van der Waals surface area contributed by atoms with Gasteiger partial charge in [0.15, 0.2) is 0 Å². The number of nitrogens with zero attached hydrogens (tertiary/aromatic N) is 1. The number of nitrogens with one attached hydrogen (secondary N) is 2. The van der Waals surface area contributed by atoms with Gasteiger partial charge in [-0.2, -0.15) is 0 Å². The van der Waals surface area contributed by atoms with Crippen molar-refractivity contribution in [3.8, 4) is 0 Å². The molecule has 0 spiro atoms. The average molecular weight is 273 g/mol. The zero-order valence-electron chi connectivity index (χ0n) is 10.8. The van der Waals surface area contributed by atoms with Gasteiger partial charge in [-0.25, -0.2) is 9.78 Å². The van der Waals surface area contributed by atoms with E-state index in [9.17, 15) is 4.79 Å². The molecule has 0 aliphatic carbocycles. The molecule has 0 aliphatic rings. The highest BCUT2D eigenvalue weighted by molar-refractivity contribution is 7.99. The maximum Gasteiger partial charge on any atom is 0.320 e. The Morgan fingerprint density at radius 1 is 1.53 bits per heavy atom. The second-order valence-corrected chi connectivity index (χ2v) is 6.97. The number of amides is 2. The molecule has 0 radical (unpaired) electrons. The monoisotopic (exact) mass is 273 g/mol. The lowest BCUT2D eigenvalue weighted by Gasteiger charge is -2.13. The van der Waals surface area contributed by atoms with Gasteiger partial charge in [-0.1, -0.05) is 20.8 Å². The fraction of sp³-hybridized carbons (Fsp3) is 0.636. The number of urea groups is 1. The number of hydrogen-bond donors (Lipinski definition) is 2. The van der Waals surface area contributed by atoms with Gasteiger partial charge < -0.3 is 5.32 Å². The lowest BCUT2D eigenvalue weighted by molar-refractivity contribution is 0.252. The first kappa shape index (κ1) is 14.3. The maximum absolute atomic E-state index is 11.6. The normalized spacial score (nSPS) is 13.2. The van der Waals surface area contributed by atoms with E-state index in [0.29, 0.717) is 0 Å². The minimum Gasteiger partial charge on any atom is -0.326 e. The summed E-state index contributed by atoms with van der Waals surface area (Å²) in [6, 6.07) is -0.184. The molecule has 0 saturated heterocycles. The van der Waals surface area contributed by atoms with E-state index < -0.39 is 0 Å². The van der Waals surface area contributed by atoms with Crippen molar-refractivity contribution in [3.63, 3.8) is 0 Å². The Bertz CT molecular complexity index is 384. The summed E-state index contributed by atoms with van der Waals surface area (Å²) in [5, 5.41) is 7.51. The topological polar surface area (TPSA) is 54.0 Å². The zero-order valence-corrected chi connectivity index (χ0v) is 12.5. The van der Waals surface area contributed by atoms with Crippen LogP contribution in [0, 0.1) is 0 Å². The number of hydrogen-bond acceptors (Lipinski definition) is 4. The first-order valence-corrected chi connectivity index (χ1v) is 7.50. The van der Waals surface area contributed by atoms with Crippen LogP contribution in [-0.4, -0.2) is 22.6 Å². The molecule has 1 atom stereocenters. The second kappa shape index (κ2) is 5.73. The number of thioether (sulfide) groups is 1. The van der Waals surface area contributed by atoms with Crippen molar-refractivity contribution in [3.05, 3.63) is 11.2 Å². The molecule has 17 heavy (non-hydrogen) atoms. The van der Waals surface area contributed by atoms with E-state index in [4.69, 9.17) is 0 Å². The first-order valence-electron chi connectivity index (χ1n) is 5.39. The van der Waals surface area contributed by atoms with E-state index in [0.717, 1.165) is 10.0 Å². The molecule has 6 heteroatoms. The highest BCUT2D eigenvalue weighted by Crippen LogP contribution is 2.29. The van der Waals surface area contributed by atoms with Crippen molar-refractivity contribution in [1.82, 2.24) is 10.3 Å². The molecule has 0 fully saturated rings. The van der Waals surface area contributed by atoms with Crippen molar-refractivity contribution < 1.29 is 4.79 Å². The Kier molecular flexibility index (Phi) is 4.82. The van der Waals surface area contributed by atoms with Crippen LogP contribution in [0.4, 0.5) is 9.80 Å². The minimum absolute atomic E-state index is 0.0215. The number of anilines is 1. The van der Waals surface area contributed by atoms with Gasteiger partial charge in [-0.3, -0.25) is 5.32 Å². The van der Waals surface area contributed by atoms with Gasteiger partial charge in [0.25, 0.3) is 0 Å². The molecule has 0 saturated carbocycles. The Labute approximate surface area is 111 Å². The van der Waals surface area contributed by atoms with Gasteiger partial charge in [-0.05, 0) is 13.2 Å². The molecule has 1 rings (SSSR count). The molecule has 0 bridgehead atoms. The largest absolute Gasteiger partial charge is 0.326 e.